The highest BCUT2D eigenvalue weighted by Gasteiger charge is 2.35. The molecule has 4 rings (SSSR count). The second-order valence-corrected chi connectivity index (χ2v) is 11.4. The Morgan fingerprint density at radius 3 is 2.59 bits per heavy atom. The molecule has 2 amide bonds. The van der Waals surface area contributed by atoms with Gasteiger partial charge in [-0.1, -0.05) is 32.3 Å². The molecule has 1 aliphatic carbocycles. The summed E-state index contributed by atoms with van der Waals surface area (Å²) in [5, 5.41) is 13.0. The number of hydrogen-bond donors (Lipinski definition) is 2. The molecule has 0 spiro atoms. The summed E-state index contributed by atoms with van der Waals surface area (Å²) < 4.78 is 12.1. The van der Waals surface area contributed by atoms with Crippen LogP contribution in [-0.4, -0.2) is 85.4 Å². The van der Waals surface area contributed by atoms with Crippen molar-refractivity contribution in [1.29, 1.82) is 0 Å². The maximum atomic E-state index is 13.7. The Hall–Kier alpha value is -2.16. The zero-order chi connectivity index (χ0) is 26.4. The van der Waals surface area contributed by atoms with Gasteiger partial charge < -0.3 is 29.7 Å². The number of para-hydroxylation sites is 1. The van der Waals surface area contributed by atoms with Gasteiger partial charge in [-0.2, -0.15) is 0 Å². The fourth-order valence-electron chi connectivity index (χ4n) is 5.95. The molecule has 1 saturated heterocycles. The molecule has 1 saturated carbocycles. The summed E-state index contributed by atoms with van der Waals surface area (Å²) in [7, 11) is 2.16. The SMILES string of the molecule is C[C@@H]1CN([C@H](C)CO)C(=O)c2cccc(NC(=O)C3CCOCC3)c2O[C@@H]1CN(C)CC1CCCCC1. The van der Waals surface area contributed by atoms with Crippen molar-refractivity contribution < 1.29 is 24.2 Å². The number of likely N-dealkylation sites (N-methyl/N-ethyl adjacent to an activating group) is 1. The number of nitrogens with one attached hydrogen (secondary N) is 1. The van der Waals surface area contributed by atoms with E-state index in [9.17, 15) is 14.7 Å². The van der Waals surface area contributed by atoms with Crippen LogP contribution in [-0.2, 0) is 9.53 Å². The highest BCUT2D eigenvalue weighted by molar-refractivity contribution is 6.02. The van der Waals surface area contributed by atoms with Gasteiger partial charge in [-0.3, -0.25) is 9.59 Å². The van der Waals surface area contributed by atoms with E-state index in [4.69, 9.17) is 9.47 Å². The van der Waals surface area contributed by atoms with E-state index in [0.29, 0.717) is 49.6 Å². The first-order valence-corrected chi connectivity index (χ1v) is 14.2. The minimum Gasteiger partial charge on any atom is -0.486 e. The van der Waals surface area contributed by atoms with Crippen LogP contribution in [0.15, 0.2) is 18.2 Å². The summed E-state index contributed by atoms with van der Waals surface area (Å²) in [4.78, 5) is 30.9. The molecule has 8 heteroatoms. The molecular weight excluding hydrogens is 470 g/mol. The standard InChI is InChI=1S/C29H45N3O5/c1-20-16-32(21(2)19-33)29(35)24-10-7-11-25(30-28(34)23-12-14-36-15-13-23)27(24)37-26(20)18-31(3)17-22-8-5-4-6-9-22/h7,10-11,20-23,26,33H,4-6,8-9,12-19H2,1-3H3,(H,30,34)/t20-,21-,26-/m1/s1. The van der Waals surface area contributed by atoms with Gasteiger partial charge in [0.15, 0.2) is 5.75 Å². The largest absolute Gasteiger partial charge is 0.486 e. The van der Waals surface area contributed by atoms with Crippen LogP contribution in [0.2, 0.25) is 0 Å². The van der Waals surface area contributed by atoms with Gasteiger partial charge in [-0.15, -0.1) is 0 Å². The van der Waals surface area contributed by atoms with Crippen molar-refractivity contribution in [2.45, 2.75) is 70.9 Å². The lowest BCUT2D eigenvalue weighted by molar-refractivity contribution is -0.122. The van der Waals surface area contributed by atoms with Crippen molar-refractivity contribution in [3.05, 3.63) is 23.8 Å². The molecule has 2 N–H and O–H groups in total. The maximum absolute atomic E-state index is 13.7. The topological polar surface area (TPSA) is 91.3 Å². The van der Waals surface area contributed by atoms with Gasteiger partial charge in [0.1, 0.15) is 6.10 Å². The van der Waals surface area contributed by atoms with Gasteiger partial charge in [-0.05, 0) is 57.7 Å². The van der Waals surface area contributed by atoms with Gasteiger partial charge in [-0.25, -0.2) is 0 Å². The minimum atomic E-state index is -0.318. The second kappa shape index (κ2) is 13.1. The van der Waals surface area contributed by atoms with E-state index < -0.39 is 0 Å². The number of anilines is 1. The van der Waals surface area contributed by atoms with Crippen LogP contribution in [0.5, 0.6) is 5.75 Å². The molecule has 0 bridgehead atoms. The zero-order valence-electron chi connectivity index (χ0n) is 22.8. The molecule has 2 aliphatic heterocycles. The summed E-state index contributed by atoms with van der Waals surface area (Å²) in [6.07, 6.45) is 7.75. The average molecular weight is 516 g/mol. The quantitative estimate of drug-likeness (QED) is 0.548. The number of benzene rings is 1. The third kappa shape index (κ3) is 7.03. The van der Waals surface area contributed by atoms with E-state index in [2.05, 4.69) is 24.2 Å². The van der Waals surface area contributed by atoms with Crippen LogP contribution in [0.3, 0.4) is 0 Å². The van der Waals surface area contributed by atoms with Crippen LogP contribution in [0.4, 0.5) is 5.69 Å². The van der Waals surface area contributed by atoms with E-state index >= 15 is 0 Å². The van der Waals surface area contributed by atoms with E-state index in [1.165, 1.54) is 32.1 Å². The van der Waals surface area contributed by atoms with Crippen molar-refractivity contribution in [2.24, 2.45) is 17.8 Å². The molecule has 2 fully saturated rings. The predicted molar refractivity (Wildman–Crippen MR) is 144 cm³/mol. The zero-order valence-corrected chi connectivity index (χ0v) is 22.8. The molecule has 1 aromatic carbocycles. The Kier molecular flexibility index (Phi) is 9.84. The van der Waals surface area contributed by atoms with E-state index in [1.807, 2.05) is 13.0 Å². The van der Waals surface area contributed by atoms with Gasteiger partial charge in [0, 0.05) is 44.7 Å². The Balaban J connectivity index is 1.60. The Morgan fingerprint density at radius 2 is 1.89 bits per heavy atom. The van der Waals surface area contributed by atoms with E-state index in [0.717, 1.165) is 19.0 Å². The molecular formula is C29H45N3O5. The van der Waals surface area contributed by atoms with Crippen LogP contribution in [0.25, 0.3) is 0 Å². The van der Waals surface area contributed by atoms with Gasteiger partial charge in [0.05, 0.1) is 23.9 Å². The lowest BCUT2D eigenvalue weighted by Crippen LogP contribution is -2.50. The van der Waals surface area contributed by atoms with E-state index in [-0.39, 0.29) is 42.4 Å². The van der Waals surface area contributed by atoms with Crippen molar-refractivity contribution >= 4 is 17.5 Å². The van der Waals surface area contributed by atoms with Crippen LogP contribution in [0, 0.1) is 17.8 Å². The van der Waals surface area contributed by atoms with Crippen LogP contribution in [0.1, 0.15) is 69.2 Å². The first kappa shape index (κ1) is 27.9. The number of hydrogen-bond acceptors (Lipinski definition) is 6. The van der Waals surface area contributed by atoms with Crippen molar-refractivity contribution in [1.82, 2.24) is 9.80 Å². The minimum absolute atomic E-state index is 0.0409. The number of fused-ring (bicyclic) bond motifs is 1. The third-order valence-corrected chi connectivity index (χ3v) is 8.33. The lowest BCUT2D eigenvalue weighted by atomic mass is 9.89. The lowest BCUT2D eigenvalue weighted by Gasteiger charge is -2.39. The van der Waals surface area contributed by atoms with Gasteiger partial charge in [0.25, 0.3) is 5.91 Å². The van der Waals surface area contributed by atoms with Crippen molar-refractivity contribution in [3.63, 3.8) is 0 Å². The molecule has 0 radical (unpaired) electrons. The van der Waals surface area contributed by atoms with Crippen molar-refractivity contribution in [3.8, 4) is 5.75 Å². The molecule has 206 valence electrons. The molecule has 37 heavy (non-hydrogen) atoms. The molecule has 3 atom stereocenters. The number of ether oxygens (including phenoxy) is 2. The highest BCUT2D eigenvalue weighted by Crippen LogP contribution is 2.36. The fourth-order valence-corrected chi connectivity index (χ4v) is 5.95. The number of nitrogens with zero attached hydrogens (tertiary/aromatic N) is 2. The monoisotopic (exact) mass is 515 g/mol. The number of carbonyl (C=O) groups is 2. The first-order chi connectivity index (χ1) is 17.9. The maximum Gasteiger partial charge on any atom is 0.258 e. The summed E-state index contributed by atoms with van der Waals surface area (Å²) in [6, 6.07) is 5.05. The molecule has 1 aromatic rings. The molecule has 3 aliphatic rings. The predicted octanol–water partition coefficient (Wildman–Crippen LogP) is 3.78. The number of carbonyl (C=O) groups excluding carboxylic acids is 2. The normalized spacial score (nSPS) is 24.7. The fraction of sp³-hybridized carbons (Fsp3) is 0.724. The third-order valence-electron chi connectivity index (χ3n) is 8.33. The average Bonchev–Trinajstić information content (AvgIpc) is 2.91. The van der Waals surface area contributed by atoms with Gasteiger partial charge >= 0.3 is 0 Å². The van der Waals surface area contributed by atoms with E-state index in [1.54, 1.807) is 17.0 Å². The second-order valence-electron chi connectivity index (χ2n) is 11.4. The Bertz CT molecular complexity index is 913. The number of amides is 2. The summed E-state index contributed by atoms with van der Waals surface area (Å²) in [6.45, 7) is 7.31. The first-order valence-electron chi connectivity index (χ1n) is 14.2. The highest BCUT2D eigenvalue weighted by atomic mass is 16.5. The summed E-state index contributed by atoms with van der Waals surface area (Å²) >= 11 is 0. The number of rotatable bonds is 8. The molecule has 0 unspecified atom stereocenters. The molecule has 2 heterocycles. The Labute approximate surface area is 221 Å². The summed E-state index contributed by atoms with van der Waals surface area (Å²) in [5.74, 6) is 0.839. The van der Waals surface area contributed by atoms with Gasteiger partial charge in [0.2, 0.25) is 5.91 Å². The molecule has 0 aromatic heterocycles. The Morgan fingerprint density at radius 1 is 1.16 bits per heavy atom. The van der Waals surface area contributed by atoms with Crippen LogP contribution >= 0.6 is 0 Å². The van der Waals surface area contributed by atoms with Crippen LogP contribution < -0.4 is 10.1 Å². The summed E-state index contributed by atoms with van der Waals surface area (Å²) in [5.41, 5.74) is 0.963. The number of aliphatic hydroxyl groups is 1. The number of aliphatic hydroxyl groups excluding tert-OH is 1. The molecule has 8 nitrogen and oxygen atoms in total. The smallest absolute Gasteiger partial charge is 0.258 e. The van der Waals surface area contributed by atoms with Crippen molar-refractivity contribution in [2.75, 3.05) is 51.8 Å².